The van der Waals surface area contributed by atoms with Crippen molar-refractivity contribution in [2.75, 3.05) is 0 Å². The molecular weight excluding hydrogens is 310 g/mol. The van der Waals surface area contributed by atoms with Gasteiger partial charge in [0.25, 0.3) is 0 Å². The molecule has 1 N–H and O–H groups in total. The molecule has 1 aliphatic carbocycles. The molecule has 0 saturated carbocycles. The maximum Gasteiger partial charge on any atom is 0.194 e. The number of allylic oxidation sites excluding steroid dienone is 4. The van der Waals surface area contributed by atoms with Crippen molar-refractivity contribution >= 4 is 26.8 Å². The van der Waals surface area contributed by atoms with E-state index in [9.17, 15) is 0 Å². The number of hydrogen-bond acceptors (Lipinski definition) is 1. The monoisotopic (exact) mass is 335 g/mol. The summed E-state index contributed by atoms with van der Waals surface area (Å²) in [6.07, 6.45) is 9.15. The van der Waals surface area contributed by atoms with Crippen LogP contribution in [0.1, 0.15) is 0 Å². The first kappa shape index (κ1) is 16.2. The molecule has 0 unspecified atom stereocenters. The van der Waals surface area contributed by atoms with E-state index in [0.29, 0.717) is 5.54 Å². The van der Waals surface area contributed by atoms with Crippen LogP contribution >= 0.6 is 0 Å². The topological polar surface area (TPSA) is 12.0 Å². The van der Waals surface area contributed by atoms with Gasteiger partial charge in [-0.25, -0.2) is 0 Å². The number of rotatable bonds is 5. The molecule has 0 aliphatic heterocycles. The molecular formula is C20H25NSi2. The molecule has 1 nitrogen and oxygen atoms in total. The molecule has 0 heterocycles. The Morgan fingerprint density at radius 1 is 0.696 bits per heavy atom. The van der Waals surface area contributed by atoms with Crippen LogP contribution in [0.5, 0.6) is 0 Å². The normalized spacial score (nSPS) is 15.3. The molecule has 2 aromatic rings. The van der Waals surface area contributed by atoms with Gasteiger partial charge in [0.05, 0.1) is 0 Å². The van der Waals surface area contributed by atoms with E-state index in [1.165, 1.54) is 10.4 Å². The zero-order valence-corrected chi connectivity index (χ0v) is 16.2. The lowest BCUT2D eigenvalue weighted by atomic mass is 10.4. The first-order valence-electron chi connectivity index (χ1n) is 8.28. The van der Waals surface area contributed by atoms with E-state index in [2.05, 4.69) is 109 Å². The van der Waals surface area contributed by atoms with Crippen LogP contribution in [0.15, 0.2) is 85.0 Å². The van der Waals surface area contributed by atoms with Crippen molar-refractivity contribution in [1.29, 1.82) is 0 Å². The third kappa shape index (κ3) is 3.32. The predicted octanol–water partition coefficient (Wildman–Crippen LogP) is 3.67. The summed E-state index contributed by atoms with van der Waals surface area (Å²) in [6, 6.07) is 22.2. The van der Waals surface area contributed by atoms with Crippen LogP contribution in [0.2, 0.25) is 25.2 Å². The number of benzene rings is 2. The van der Waals surface area contributed by atoms with Crippen LogP contribution in [0.25, 0.3) is 0 Å². The Bertz CT molecular complexity index is 648. The van der Waals surface area contributed by atoms with E-state index >= 15 is 0 Å². The summed E-state index contributed by atoms with van der Waals surface area (Å²) in [4.78, 5) is 0. The largest absolute Gasteiger partial charge is 0.352 e. The Morgan fingerprint density at radius 3 is 1.52 bits per heavy atom. The first-order valence-corrected chi connectivity index (χ1v) is 13.9. The second-order valence-electron chi connectivity index (χ2n) is 7.21. The Hall–Kier alpha value is -1.69. The first-order chi connectivity index (χ1) is 11.0. The molecule has 0 atom stereocenters. The van der Waals surface area contributed by atoms with E-state index in [0.717, 1.165) is 0 Å². The smallest absolute Gasteiger partial charge is 0.194 e. The van der Waals surface area contributed by atoms with Crippen molar-refractivity contribution in [3.05, 3.63) is 85.0 Å². The van der Waals surface area contributed by atoms with E-state index in [4.69, 9.17) is 0 Å². The van der Waals surface area contributed by atoms with Crippen LogP contribution in [-0.2, 0) is 0 Å². The third-order valence-corrected chi connectivity index (χ3v) is 12.7. The molecule has 23 heavy (non-hydrogen) atoms. The summed E-state index contributed by atoms with van der Waals surface area (Å²) in [5, 5.41) is 2.93. The van der Waals surface area contributed by atoms with E-state index in [-0.39, 0.29) is 0 Å². The van der Waals surface area contributed by atoms with Crippen LogP contribution in [0.3, 0.4) is 0 Å². The molecule has 0 saturated heterocycles. The van der Waals surface area contributed by atoms with Crippen LogP contribution in [0.4, 0.5) is 0 Å². The summed E-state index contributed by atoms with van der Waals surface area (Å²) in [5.41, 5.74) is 0.457. The highest BCUT2D eigenvalue weighted by atomic mass is 28.4. The van der Waals surface area contributed by atoms with Crippen molar-refractivity contribution in [3.63, 3.8) is 0 Å². The fourth-order valence-electron chi connectivity index (χ4n) is 3.49. The Labute approximate surface area is 141 Å². The Kier molecular flexibility index (Phi) is 4.53. The van der Waals surface area contributed by atoms with Gasteiger partial charge in [-0.3, -0.25) is 0 Å². The molecule has 1 aliphatic rings. The molecule has 3 rings (SSSR count). The van der Waals surface area contributed by atoms with E-state index in [1.807, 2.05) is 0 Å². The average Bonchev–Trinajstić information content (AvgIpc) is 3.08. The molecule has 0 bridgehead atoms. The second kappa shape index (κ2) is 6.44. The zero-order chi connectivity index (χ0) is 16.3. The maximum atomic E-state index is 4.22. The van der Waals surface area contributed by atoms with Gasteiger partial charge in [-0.2, -0.15) is 0 Å². The predicted molar refractivity (Wildman–Crippen MR) is 106 cm³/mol. The van der Waals surface area contributed by atoms with Crippen LogP contribution in [0, 0.1) is 0 Å². The summed E-state index contributed by atoms with van der Waals surface area (Å²) >= 11 is 0. The van der Waals surface area contributed by atoms with Gasteiger partial charge in [0.1, 0.15) is 8.24 Å². The molecule has 0 radical (unpaired) electrons. The minimum absolute atomic E-state index is 0.457. The summed E-state index contributed by atoms with van der Waals surface area (Å²) in [6.45, 7) is 7.22. The van der Waals surface area contributed by atoms with Crippen molar-refractivity contribution in [3.8, 4) is 0 Å². The van der Waals surface area contributed by atoms with Crippen LogP contribution < -0.4 is 15.0 Å². The lowest BCUT2D eigenvalue weighted by Gasteiger charge is -2.42. The Balaban J connectivity index is 2.25. The highest BCUT2D eigenvalue weighted by Crippen LogP contribution is 2.28. The summed E-state index contributed by atoms with van der Waals surface area (Å²) < 4.78 is 4.22. The van der Waals surface area contributed by atoms with Gasteiger partial charge in [-0.15, -0.1) is 0 Å². The van der Waals surface area contributed by atoms with Crippen molar-refractivity contribution in [1.82, 2.24) is 4.65 Å². The number of hydrogen-bond donors (Lipinski definition) is 1. The molecule has 0 aromatic heterocycles. The molecule has 2 aromatic carbocycles. The Morgan fingerprint density at radius 2 is 1.13 bits per heavy atom. The van der Waals surface area contributed by atoms with Gasteiger partial charge >= 0.3 is 0 Å². The van der Waals surface area contributed by atoms with Crippen molar-refractivity contribution in [2.24, 2.45) is 0 Å². The quantitative estimate of drug-likeness (QED) is 0.822. The lowest BCUT2D eigenvalue weighted by Crippen LogP contribution is -2.75. The molecule has 3 heteroatoms. The zero-order valence-electron chi connectivity index (χ0n) is 14.2. The van der Waals surface area contributed by atoms with Crippen molar-refractivity contribution in [2.45, 2.75) is 25.2 Å². The van der Waals surface area contributed by atoms with Crippen molar-refractivity contribution < 1.29 is 0 Å². The van der Waals surface area contributed by atoms with Gasteiger partial charge in [0, 0.05) is 5.54 Å². The van der Waals surface area contributed by atoms with E-state index in [1.54, 1.807) is 0 Å². The fourth-order valence-corrected chi connectivity index (χ4v) is 13.4. The molecule has 0 fully saturated rings. The molecule has 0 amide bonds. The van der Waals surface area contributed by atoms with Gasteiger partial charge in [0.2, 0.25) is 0 Å². The second-order valence-corrected chi connectivity index (χ2v) is 16.1. The van der Waals surface area contributed by atoms with Gasteiger partial charge in [-0.1, -0.05) is 105 Å². The highest BCUT2D eigenvalue weighted by Gasteiger charge is 2.45. The van der Waals surface area contributed by atoms with Gasteiger partial charge in [0.15, 0.2) is 8.24 Å². The number of nitrogens with one attached hydrogen (secondary N) is 1. The maximum absolute atomic E-state index is 4.22. The average molecular weight is 336 g/mol. The summed E-state index contributed by atoms with van der Waals surface area (Å²) in [5.74, 6) is 0. The lowest BCUT2D eigenvalue weighted by molar-refractivity contribution is 1.21. The van der Waals surface area contributed by atoms with Gasteiger partial charge < -0.3 is 4.65 Å². The SMILES string of the molecule is C[Si](C)(C)N[Si](c1ccccc1)(c1ccccc1)C1C=CC=C1. The highest BCUT2D eigenvalue weighted by molar-refractivity contribution is 7.08. The fraction of sp³-hybridized carbons (Fsp3) is 0.200. The van der Waals surface area contributed by atoms with Gasteiger partial charge in [-0.05, 0) is 10.4 Å². The molecule has 0 spiro atoms. The van der Waals surface area contributed by atoms with Crippen LogP contribution in [-0.4, -0.2) is 16.5 Å². The minimum Gasteiger partial charge on any atom is -0.352 e. The van der Waals surface area contributed by atoms with E-state index < -0.39 is 16.5 Å². The standard InChI is InChI=1S/C20H25NSi2/c1-22(2,3)21-23(20-16-10-11-17-20,18-12-6-4-7-13-18)19-14-8-5-9-15-19/h4-17,20-21H,1-3H3. The summed E-state index contributed by atoms with van der Waals surface area (Å²) in [7, 11) is -3.59. The third-order valence-electron chi connectivity index (χ3n) is 4.28. The minimum atomic E-state index is -2.11. The molecule has 118 valence electrons.